The second kappa shape index (κ2) is 7.00. The molecular formula is C19H19N3O2. The summed E-state index contributed by atoms with van der Waals surface area (Å²) < 4.78 is 5.70. The first kappa shape index (κ1) is 15.8. The Morgan fingerprint density at radius 1 is 1.08 bits per heavy atom. The van der Waals surface area contributed by atoms with Gasteiger partial charge in [0.2, 0.25) is 0 Å². The summed E-state index contributed by atoms with van der Waals surface area (Å²) in [5.41, 5.74) is 3.13. The van der Waals surface area contributed by atoms with Crippen molar-refractivity contribution in [3.05, 3.63) is 66.4 Å². The van der Waals surface area contributed by atoms with E-state index in [-0.39, 0.29) is 5.91 Å². The molecule has 0 aliphatic rings. The molecule has 1 atom stereocenters. The van der Waals surface area contributed by atoms with Crippen LogP contribution in [0.1, 0.15) is 12.6 Å². The molecule has 0 bridgehead atoms. The topological polar surface area (TPSA) is 67.0 Å². The number of hydrogen-bond donors (Lipinski definition) is 2. The van der Waals surface area contributed by atoms with E-state index in [9.17, 15) is 4.79 Å². The number of carbonyl (C=O) groups excluding carboxylic acids is 1. The highest BCUT2D eigenvalue weighted by atomic mass is 16.5. The molecule has 0 fully saturated rings. The standard InChI is InChI=1S/C19H19N3O2/c1-13-12-18(22-21-13)20-19(23)14(2)24-17-10-8-16(9-11-17)15-6-4-3-5-7-15/h3-12,14H,1-2H3,(H2,20,21,22,23)/t14-/m1/s1. The molecular weight excluding hydrogens is 302 g/mol. The van der Waals surface area contributed by atoms with Crippen molar-refractivity contribution < 1.29 is 9.53 Å². The summed E-state index contributed by atoms with van der Waals surface area (Å²) in [7, 11) is 0. The summed E-state index contributed by atoms with van der Waals surface area (Å²) in [6, 6.07) is 19.6. The zero-order valence-electron chi connectivity index (χ0n) is 13.6. The number of carbonyl (C=O) groups is 1. The number of anilines is 1. The van der Waals surface area contributed by atoms with Crippen LogP contribution in [0.15, 0.2) is 60.7 Å². The van der Waals surface area contributed by atoms with Gasteiger partial charge < -0.3 is 10.1 Å². The first-order valence-electron chi connectivity index (χ1n) is 7.77. The molecule has 0 saturated carbocycles. The zero-order valence-corrected chi connectivity index (χ0v) is 13.6. The average molecular weight is 321 g/mol. The second-order valence-electron chi connectivity index (χ2n) is 5.58. The molecule has 2 N–H and O–H groups in total. The first-order chi connectivity index (χ1) is 11.6. The third-order valence-electron chi connectivity index (χ3n) is 3.60. The lowest BCUT2D eigenvalue weighted by Gasteiger charge is -2.14. The maximum absolute atomic E-state index is 12.1. The van der Waals surface area contributed by atoms with Crippen molar-refractivity contribution in [3.8, 4) is 16.9 Å². The fraction of sp³-hybridized carbons (Fsp3) is 0.158. The Labute approximate surface area is 140 Å². The molecule has 0 aliphatic carbocycles. The lowest BCUT2D eigenvalue weighted by molar-refractivity contribution is -0.122. The average Bonchev–Trinajstić information content (AvgIpc) is 3.01. The van der Waals surface area contributed by atoms with Gasteiger partial charge in [-0.1, -0.05) is 42.5 Å². The van der Waals surface area contributed by atoms with Crippen LogP contribution in [0.25, 0.3) is 11.1 Å². The van der Waals surface area contributed by atoms with Crippen LogP contribution in [0.5, 0.6) is 5.75 Å². The Hall–Kier alpha value is -3.08. The summed E-state index contributed by atoms with van der Waals surface area (Å²) in [5, 5.41) is 9.47. The Morgan fingerprint density at radius 3 is 2.38 bits per heavy atom. The Morgan fingerprint density at radius 2 is 1.75 bits per heavy atom. The number of aromatic nitrogens is 2. The maximum atomic E-state index is 12.1. The van der Waals surface area contributed by atoms with E-state index < -0.39 is 6.10 Å². The SMILES string of the molecule is Cc1cc(NC(=O)[C@@H](C)Oc2ccc(-c3ccccc3)cc2)n[nH]1. The number of H-pyrrole nitrogens is 1. The fourth-order valence-electron chi connectivity index (χ4n) is 2.32. The number of ether oxygens (including phenoxy) is 1. The third kappa shape index (κ3) is 3.81. The molecule has 1 heterocycles. The van der Waals surface area contributed by atoms with Crippen LogP contribution in [0.2, 0.25) is 0 Å². The quantitative estimate of drug-likeness (QED) is 0.751. The summed E-state index contributed by atoms with van der Waals surface area (Å²) in [6.07, 6.45) is -0.621. The molecule has 0 unspecified atom stereocenters. The minimum absolute atomic E-state index is 0.242. The van der Waals surface area contributed by atoms with E-state index in [4.69, 9.17) is 4.74 Å². The summed E-state index contributed by atoms with van der Waals surface area (Å²) in [6.45, 7) is 3.58. The van der Waals surface area contributed by atoms with E-state index >= 15 is 0 Å². The minimum atomic E-state index is -0.621. The van der Waals surface area contributed by atoms with Gasteiger partial charge in [0, 0.05) is 11.8 Å². The summed E-state index contributed by atoms with van der Waals surface area (Å²) >= 11 is 0. The fourth-order valence-corrected chi connectivity index (χ4v) is 2.32. The molecule has 5 nitrogen and oxygen atoms in total. The molecule has 0 aliphatic heterocycles. The maximum Gasteiger partial charge on any atom is 0.266 e. The minimum Gasteiger partial charge on any atom is -0.481 e. The van der Waals surface area contributed by atoms with E-state index in [0.29, 0.717) is 11.6 Å². The van der Waals surface area contributed by atoms with Crippen molar-refractivity contribution in [2.45, 2.75) is 20.0 Å². The Balaban J connectivity index is 1.62. The monoisotopic (exact) mass is 321 g/mol. The van der Waals surface area contributed by atoms with Gasteiger partial charge in [0.05, 0.1) is 0 Å². The number of aromatic amines is 1. The molecule has 1 amide bonds. The van der Waals surface area contributed by atoms with E-state index in [2.05, 4.69) is 27.6 Å². The van der Waals surface area contributed by atoms with Crippen molar-refractivity contribution in [3.63, 3.8) is 0 Å². The van der Waals surface area contributed by atoms with E-state index in [0.717, 1.165) is 16.8 Å². The van der Waals surface area contributed by atoms with Gasteiger partial charge in [0.25, 0.3) is 5.91 Å². The van der Waals surface area contributed by atoms with Gasteiger partial charge in [0.1, 0.15) is 5.75 Å². The van der Waals surface area contributed by atoms with Crippen LogP contribution < -0.4 is 10.1 Å². The number of nitrogens with one attached hydrogen (secondary N) is 2. The van der Waals surface area contributed by atoms with Crippen LogP contribution in [-0.4, -0.2) is 22.2 Å². The van der Waals surface area contributed by atoms with Crippen molar-refractivity contribution in [2.24, 2.45) is 0 Å². The summed E-state index contributed by atoms with van der Waals surface area (Å²) in [4.78, 5) is 12.1. The van der Waals surface area contributed by atoms with Gasteiger partial charge in [-0.15, -0.1) is 0 Å². The lowest BCUT2D eigenvalue weighted by Crippen LogP contribution is -2.30. The van der Waals surface area contributed by atoms with Crippen LogP contribution in [0, 0.1) is 6.92 Å². The van der Waals surface area contributed by atoms with E-state index in [1.165, 1.54) is 0 Å². The molecule has 0 radical (unpaired) electrons. The smallest absolute Gasteiger partial charge is 0.266 e. The van der Waals surface area contributed by atoms with E-state index in [1.807, 2.05) is 49.4 Å². The van der Waals surface area contributed by atoms with Gasteiger partial charge in [0.15, 0.2) is 11.9 Å². The number of aryl methyl sites for hydroxylation is 1. The van der Waals surface area contributed by atoms with Crippen molar-refractivity contribution in [1.29, 1.82) is 0 Å². The third-order valence-corrected chi connectivity index (χ3v) is 3.60. The highest BCUT2D eigenvalue weighted by Crippen LogP contribution is 2.22. The van der Waals surface area contributed by atoms with Gasteiger partial charge in [-0.3, -0.25) is 9.89 Å². The number of benzene rings is 2. The second-order valence-corrected chi connectivity index (χ2v) is 5.58. The molecule has 24 heavy (non-hydrogen) atoms. The highest BCUT2D eigenvalue weighted by Gasteiger charge is 2.16. The van der Waals surface area contributed by atoms with Crippen LogP contribution >= 0.6 is 0 Å². The van der Waals surface area contributed by atoms with Gasteiger partial charge in [-0.25, -0.2) is 0 Å². The predicted octanol–water partition coefficient (Wildman–Crippen LogP) is 3.79. The Kier molecular flexibility index (Phi) is 4.61. The van der Waals surface area contributed by atoms with Gasteiger partial charge in [-0.2, -0.15) is 5.10 Å². The predicted molar refractivity (Wildman–Crippen MR) is 93.9 cm³/mol. The largest absolute Gasteiger partial charge is 0.481 e. The highest BCUT2D eigenvalue weighted by molar-refractivity contribution is 5.93. The molecule has 0 spiro atoms. The molecule has 122 valence electrons. The molecule has 5 heteroatoms. The van der Waals surface area contributed by atoms with Crippen LogP contribution in [-0.2, 0) is 4.79 Å². The van der Waals surface area contributed by atoms with Crippen LogP contribution in [0.3, 0.4) is 0 Å². The number of amides is 1. The Bertz CT molecular complexity index is 810. The van der Waals surface area contributed by atoms with Crippen molar-refractivity contribution in [1.82, 2.24) is 10.2 Å². The molecule has 3 aromatic rings. The number of rotatable bonds is 5. The molecule has 0 saturated heterocycles. The summed E-state index contributed by atoms with van der Waals surface area (Å²) in [5.74, 6) is 0.900. The van der Waals surface area contributed by atoms with Crippen molar-refractivity contribution in [2.75, 3.05) is 5.32 Å². The zero-order chi connectivity index (χ0) is 16.9. The normalized spacial score (nSPS) is 11.8. The lowest BCUT2D eigenvalue weighted by atomic mass is 10.1. The molecule has 2 aromatic carbocycles. The number of hydrogen-bond acceptors (Lipinski definition) is 3. The molecule has 1 aromatic heterocycles. The van der Waals surface area contributed by atoms with E-state index in [1.54, 1.807) is 13.0 Å². The van der Waals surface area contributed by atoms with Crippen molar-refractivity contribution >= 4 is 11.7 Å². The van der Waals surface area contributed by atoms with Gasteiger partial charge in [-0.05, 0) is 37.1 Å². The number of nitrogens with zero attached hydrogens (tertiary/aromatic N) is 1. The first-order valence-corrected chi connectivity index (χ1v) is 7.77. The molecule has 3 rings (SSSR count). The van der Waals surface area contributed by atoms with Crippen LogP contribution in [0.4, 0.5) is 5.82 Å². The van der Waals surface area contributed by atoms with Gasteiger partial charge >= 0.3 is 0 Å².